The van der Waals surface area contributed by atoms with Crippen LogP contribution in [0.15, 0.2) is 0 Å². The first kappa shape index (κ1) is 14.1. The summed E-state index contributed by atoms with van der Waals surface area (Å²) in [6.07, 6.45) is 3.38. The number of urea groups is 1. The minimum Gasteiger partial charge on any atom is -0.481 e. The average Bonchev–Trinajstić information content (AvgIpc) is 2.97. The number of aliphatic hydroxyl groups is 1. The summed E-state index contributed by atoms with van der Waals surface area (Å²) in [5.41, 5.74) is 0. The smallest absolute Gasteiger partial charge is 0.320 e. The van der Waals surface area contributed by atoms with E-state index in [0.717, 1.165) is 32.2 Å². The fraction of sp³-hybridized carbons (Fsp3) is 0.846. The van der Waals surface area contributed by atoms with E-state index < -0.39 is 5.97 Å². The van der Waals surface area contributed by atoms with Crippen molar-refractivity contribution in [2.45, 2.75) is 38.1 Å². The van der Waals surface area contributed by atoms with Gasteiger partial charge in [0.1, 0.15) is 0 Å². The molecule has 0 radical (unpaired) electrons. The zero-order chi connectivity index (χ0) is 13.8. The van der Waals surface area contributed by atoms with Gasteiger partial charge < -0.3 is 20.0 Å². The van der Waals surface area contributed by atoms with Gasteiger partial charge in [-0.3, -0.25) is 4.79 Å². The summed E-state index contributed by atoms with van der Waals surface area (Å²) in [6.45, 7) is 2.24. The van der Waals surface area contributed by atoms with Crippen molar-refractivity contribution in [3.05, 3.63) is 0 Å². The van der Waals surface area contributed by atoms with Crippen molar-refractivity contribution >= 4 is 12.0 Å². The molecular weight excluding hydrogens is 248 g/mol. The molecule has 0 aromatic carbocycles. The Hall–Kier alpha value is -1.30. The maximum Gasteiger partial charge on any atom is 0.320 e. The third-order valence-electron chi connectivity index (χ3n) is 4.13. The predicted molar refractivity (Wildman–Crippen MR) is 68.8 cm³/mol. The van der Waals surface area contributed by atoms with Crippen molar-refractivity contribution in [3.63, 3.8) is 0 Å². The summed E-state index contributed by atoms with van der Waals surface area (Å²) in [4.78, 5) is 26.7. The Balaban J connectivity index is 1.90. The number of nitrogens with zero attached hydrogens (tertiary/aromatic N) is 2. The molecule has 19 heavy (non-hydrogen) atoms. The average molecular weight is 270 g/mol. The van der Waals surface area contributed by atoms with Crippen molar-refractivity contribution in [3.8, 4) is 0 Å². The summed E-state index contributed by atoms with van der Waals surface area (Å²) in [6, 6.07) is -0.175. The molecule has 0 bridgehead atoms. The highest BCUT2D eigenvalue weighted by molar-refractivity contribution is 5.76. The number of carboxylic acids is 1. The van der Waals surface area contributed by atoms with Crippen LogP contribution in [-0.4, -0.2) is 64.3 Å². The second-order valence-corrected chi connectivity index (χ2v) is 5.48. The standard InChI is InChI=1S/C13H22N2O4/c16-7-4-10-3-6-14(9-10)13(19)15-5-1-2-11(15)8-12(17)18/h10-11,16H,1-9H2,(H,17,18). The molecule has 2 saturated heterocycles. The molecule has 2 aliphatic rings. The normalized spacial score (nSPS) is 27.0. The van der Waals surface area contributed by atoms with Crippen molar-refractivity contribution in [2.75, 3.05) is 26.2 Å². The molecule has 0 spiro atoms. The lowest BCUT2D eigenvalue weighted by atomic mass is 10.1. The molecule has 6 nitrogen and oxygen atoms in total. The van der Waals surface area contributed by atoms with Gasteiger partial charge in [0.15, 0.2) is 0 Å². The van der Waals surface area contributed by atoms with Crippen molar-refractivity contribution in [1.29, 1.82) is 0 Å². The largest absolute Gasteiger partial charge is 0.481 e. The number of hydrogen-bond donors (Lipinski definition) is 2. The molecule has 0 aromatic heterocycles. The monoisotopic (exact) mass is 270 g/mol. The van der Waals surface area contributed by atoms with Crippen LogP contribution in [0.4, 0.5) is 4.79 Å². The fourth-order valence-electron chi connectivity index (χ4n) is 3.11. The van der Waals surface area contributed by atoms with E-state index in [0.29, 0.717) is 19.0 Å². The van der Waals surface area contributed by atoms with Crippen molar-refractivity contribution in [2.24, 2.45) is 5.92 Å². The fourth-order valence-corrected chi connectivity index (χ4v) is 3.11. The summed E-state index contributed by atoms with van der Waals surface area (Å²) in [5.74, 6) is -0.459. The quantitative estimate of drug-likeness (QED) is 0.790. The first-order valence-corrected chi connectivity index (χ1v) is 7.00. The number of likely N-dealkylation sites (tertiary alicyclic amines) is 2. The van der Waals surface area contributed by atoms with Crippen LogP contribution < -0.4 is 0 Å². The number of aliphatic carboxylic acids is 1. The third kappa shape index (κ3) is 3.37. The topological polar surface area (TPSA) is 81.1 Å². The van der Waals surface area contributed by atoms with Gasteiger partial charge in [0.25, 0.3) is 0 Å². The molecule has 2 atom stereocenters. The summed E-state index contributed by atoms with van der Waals surface area (Å²) in [5, 5.41) is 17.8. The van der Waals surface area contributed by atoms with Crippen molar-refractivity contribution < 1.29 is 19.8 Å². The Morgan fingerprint density at radius 1 is 1.21 bits per heavy atom. The SMILES string of the molecule is O=C(O)CC1CCCN1C(=O)N1CCC(CCO)C1. The van der Waals surface area contributed by atoms with E-state index in [9.17, 15) is 9.59 Å². The Labute approximate surface area is 113 Å². The van der Waals surface area contributed by atoms with Crippen LogP contribution in [0.3, 0.4) is 0 Å². The van der Waals surface area contributed by atoms with E-state index in [2.05, 4.69) is 0 Å². The number of carbonyl (C=O) groups is 2. The van der Waals surface area contributed by atoms with E-state index in [1.807, 2.05) is 0 Å². The molecular formula is C13H22N2O4. The summed E-state index contributed by atoms with van der Waals surface area (Å²) in [7, 11) is 0. The Kier molecular flexibility index (Phi) is 4.63. The number of carbonyl (C=O) groups excluding carboxylic acids is 1. The van der Waals surface area contributed by atoms with Crippen molar-refractivity contribution in [1.82, 2.24) is 9.80 Å². The van der Waals surface area contributed by atoms with Crippen LogP contribution in [0, 0.1) is 5.92 Å². The molecule has 0 aliphatic carbocycles. The van der Waals surface area contributed by atoms with Gasteiger partial charge in [-0.15, -0.1) is 0 Å². The Morgan fingerprint density at radius 2 is 2.00 bits per heavy atom. The summed E-state index contributed by atoms with van der Waals surface area (Å²) < 4.78 is 0. The van der Waals surface area contributed by atoms with E-state index in [-0.39, 0.29) is 25.1 Å². The second-order valence-electron chi connectivity index (χ2n) is 5.48. The second kappa shape index (κ2) is 6.23. The molecule has 2 N–H and O–H groups in total. The van der Waals surface area contributed by atoms with E-state index in [4.69, 9.17) is 10.2 Å². The highest BCUT2D eigenvalue weighted by Crippen LogP contribution is 2.25. The van der Waals surface area contributed by atoms with E-state index in [1.165, 1.54) is 0 Å². The Morgan fingerprint density at radius 3 is 2.68 bits per heavy atom. The van der Waals surface area contributed by atoms with Crippen LogP contribution in [0.5, 0.6) is 0 Å². The molecule has 2 amide bonds. The molecule has 0 saturated carbocycles. The number of rotatable bonds is 4. The molecule has 0 aromatic rings. The lowest BCUT2D eigenvalue weighted by Gasteiger charge is -2.29. The molecule has 2 aliphatic heterocycles. The zero-order valence-corrected chi connectivity index (χ0v) is 11.1. The molecule has 2 rings (SSSR count). The lowest BCUT2D eigenvalue weighted by Crippen LogP contribution is -2.45. The number of amides is 2. The molecule has 108 valence electrons. The lowest BCUT2D eigenvalue weighted by molar-refractivity contribution is -0.138. The highest BCUT2D eigenvalue weighted by atomic mass is 16.4. The number of aliphatic hydroxyl groups excluding tert-OH is 1. The van der Waals surface area contributed by atoms with Crippen LogP contribution in [0.25, 0.3) is 0 Å². The van der Waals surface area contributed by atoms with Gasteiger partial charge in [-0.2, -0.15) is 0 Å². The highest BCUT2D eigenvalue weighted by Gasteiger charge is 2.35. The number of hydrogen-bond acceptors (Lipinski definition) is 3. The first-order valence-electron chi connectivity index (χ1n) is 7.00. The van der Waals surface area contributed by atoms with Gasteiger partial charge in [0, 0.05) is 32.3 Å². The maximum atomic E-state index is 12.4. The molecule has 2 unspecified atom stereocenters. The number of carboxylic acid groups (broad SMARTS) is 1. The van der Waals surface area contributed by atoms with Crippen LogP contribution in [0.2, 0.25) is 0 Å². The van der Waals surface area contributed by atoms with E-state index in [1.54, 1.807) is 9.80 Å². The van der Waals surface area contributed by atoms with Gasteiger partial charge in [0.05, 0.1) is 6.42 Å². The minimum absolute atomic E-state index is 0.0239. The molecule has 2 heterocycles. The molecule has 6 heteroatoms. The Bertz CT molecular complexity index is 348. The van der Waals surface area contributed by atoms with Crippen LogP contribution >= 0.6 is 0 Å². The first-order chi connectivity index (χ1) is 9.11. The zero-order valence-electron chi connectivity index (χ0n) is 11.1. The predicted octanol–water partition coefficient (Wildman–Crippen LogP) is 0.750. The maximum absolute atomic E-state index is 12.4. The van der Waals surface area contributed by atoms with Gasteiger partial charge in [0.2, 0.25) is 0 Å². The van der Waals surface area contributed by atoms with Gasteiger partial charge in [-0.05, 0) is 31.6 Å². The van der Waals surface area contributed by atoms with Gasteiger partial charge >= 0.3 is 12.0 Å². The molecule has 2 fully saturated rings. The van der Waals surface area contributed by atoms with Crippen LogP contribution in [0.1, 0.15) is 32.1 Å². The minimum atomic E-state index is -0.843. The van der Waals surface area contributed by atoms with Gasteiger partial charge in [-0.1, -0.05) is 0 Å². The summed E-state index contributed by atoms with van der Waals surface area (Å²) >= 11 is 0. The van der Waals surface area contributed by atoms with Crippen LogP contribution in [-0.2, 0) is 4.79 Å². The van der Waals surface area contributed by atoms with E-state index >= 15 is 0 Å². The van der Waals surface area contributed by atoms with Gasteiger partial charge in [-0.25, -0.2) is 4.79 Å². The third-order valence-corrected chi connectivity index (χ3v) is 4.13.